The third-order valence-electron chi connectivity index (χ3n) is 3.39. The molecule has 2 aromatic rings. The molecule has 5 nitrogen and oxygen atoms in total. The quantitative estimate of drug-likeness (QED) is 0.855. The fourth-order valence-corrected chi connectivity index (χ4v) is 2.27. The van der Waals surface area contributed by atoms with Gasteiger partial charge in [0.2, 0.25) is 0 Å². The number of hydrogen-bond acceptors (Lipinski definition) is 3. The highest BCUT2D eigenvalue weighted by Crippen LogP contribution is 2.16. The Balaban J connectivity index is 2.14. The Hall–Kier alpha value is -2.43. The number of rotatable bonds is 6. The van der Waals surface area contributed by atoms with Crippen molar-refractivity contribution in [2.45, 2.75) is 19.8 Å². The normalized spacial score (nSPS) is 12.0. The summed E-state index contributed by atoms with van der Waals surface area (Å²) in [4.78, 5) is 27.6. The zero-order valence-corrected chi connectivity index (χ0v) is 11.9. The number of aromatic nitrogens is 1. The van der Waals surface area contributed by atoms with Gasteiger partial charge in [0.1, 0.15) is 0 Å². The van der Waals surface area contributed by atoms with Crippen LogP contribution in [0.25, 0.3) is 10.9 Å². The highest BCUT2D eigenvalue weighted by atomic mass is 16.4. The topological polar surface area (TPSA) is 79.3 Å². The zero-order valence-electron chi connectivity index (χ0n) is 11.9. The van der Waals surface area contributed by atoms with Crippen LogP contribution in [0.5, 0.6) is 0 Å². The van der Waals surface area contributed by atoms with E-state index in [2.05, 4.69) is 10.3 Å². The van der Waals surface area contributed by atoms with Crippen LogP contribution in [0.3, 0.4) is 0 Å². The molecule has 1 aromatic heterocycles. The van der Waals surface area contributed by atoms with Crippen LogP contribution < -0.4 is 5.32 Å². The average Bonchev–Trinajstić information content (AvgIpc) is 2.50. The summed E-state index contributed by atoms with van der Waals surface area (Å²) in [6, 6.07) is 8.93. The molecule has 1 heterocycles. The second-order valence-corrected chi connectivity index (χ2v) is 4.91. The van der Waals surface area contributed by atoms with E-state index < -0.39 is 11.9 Å². The fourth-order valence-electron chi connectivity index (χ4n) is 2.27. The van der Waals surface area contributed by atoms with Crippen molar-refractivity contribution in [2.24, 2.45) is 5.92 Å². The van der Waals surface area contributed by atoms with Crippen LogP contribution in [0.4, 0.5) is 0 Å². The Morgan fingerprint density at radius 1 is 1.29 bits per heavy atom. The van der Waals surface area contributed by atoms with Crippen molar-refractivity contribution in [3.63, 3.8) is 0 Å². The van der Waals surface area contributed by atoms with Crippen molar-refractivity contribution in [2.75, 3.05) is 6.54 Å². The first-order valence-electron chi connectivity index (χ1n) is 6.98. The average molecular weight is 286 g/mol. The third-order valence-corrected chi connectivity index (χ3v) is 3.39. The van der Waals surface area contributed by atoms with Crippen molar-refractivity contribution in [1.82, 2.24) is 10.3 Å². The first kappa shape index (κ1) is 15.0. The number of hydrogen-bond donors (Lipinski definition) is 2. The molecule has 0 aliphatic carbocycles. The molecule has 5 heteroatoms. The molecular weight excluding hydrogens is 268 g/mol. The Morgan fingerprint density at radius 2 is 2.10 bits per heavy atom. The van der Waals surface area contributed by atoms with E-state index in [9.17, 15) is 9.59 Å². The van der Waals surface area contributed by atoms with Gasteiger partial charge in [-0.3, -0.25) is 14.6 Å². The lowest BCUT2D eigenvalue weighted by Crippen LogP contribution is -2.33. The minimum Gasteiger partial charge on any atom is -0.481 e. The number of fused-ring (bicyclic) bond motifs is 1. The Morgan fingerprint density at radius 3 is 2.81 bits per heavy atom. The van der Waals surface area contributed by atoms with E-state index in [0.29, 0.717) is 12.0 Å². The minimum atomic E-state index is -0.878. The lowest BCUT2D eigenvalue weighted by atomic mass is 10.0. The summed E-state index contributed by atoms with van der Waals surface area (Å²) in [7, 11) is 0. The van der Waals surface area contributed by atoms with Crippen LogP contribution in [-0.4, -0.2) is 28.5 Å². The van der Waals surface area contributed by atoms with Crippen molar-refractivity contribution >= 4 is 22.8 Å². The predicted molar refractivity (Wildman–Crippen MR) is 80.1 cm³/mol. The van der Waals surface area contributed by atoms with E-state index in [1.165, 1.54) is 0 Å². The summed E-state index contributed by atoms with van der Waals surface area (Å²) in [6.07, 6.45) is 2.99. The number of aliphatic carboxylic acids is 1. The molecule has 0 radical (unpaired) electrons. The summed E-state index contributed by atoms with van der Waals surface area (Å²) in [5.41, 5.74) is 1.26. The number of pyridine rings is 1. The highest BCUT2D eigenvalue weighted by Gasteiger charge is 2.18. The molecule has 2 N–H and O–H groups in total. The van der Waals surface area contributed by atoms with Gasteiger partial charge in [0.15, 0.2) is 0 Å². The number of carbonyl (C=O) groups is 2. The van der Waals surface area contributed by atoms with Gasteiger partial charge in [-0.2, -0.15) is 0 Å². The Kier molecular flexibility index (Phi) is 4.87. The van der Waals surface area contributed by atoms with Gasteiger partial charge in [0, 0.05) is 23.7 Å². The predicted octanol–water partition coefficient (Wildman–Crippen LogP) is 2.47. The fraction of sp³-hybridized carbons (Fsp3) is 0.312. The van der Waals surface area contributed by atoms with Crippen LogP contribution >= 0.6 is 0 Å². The SMILES string of the molecule is CCCC(CNC(=O)c1cccc2ncccc12)C(=O)O. The summed E-state index contributed by atoms with van der Waals surface area (Å²) in [5, 5.41) is 12.6. The molecule has 0 aliphatic rings. The number of nitrogens with zero attached hydrogens (tertiary/aromatic N) is 1. The molecule has 1 unspecified atom stereocenters. The molecule has 0 bridgehead atoms. The molecule has 0 fully saturated rings. The second kappa shape index (κ2) is 6.83. The van der Waals surface area contributed by atoms with E-state index in [1.54, 1.807) is 24.4 Å². The van der Waals surface area contributed by atoms with Gasteiger partial charge in [0.05, 0.1) is 11.4 Å². The summed E-state index contributed by atoms with van der Waals surface area (Å²) < 4.78 is 0. The molecule has 2 rings (SSSR count). The van der Waals surface area contributed by atoms with E-state index in [4.69, 9.17) is 5.11 Å². The molecule has 110 valence electrons. The van der Waals surface area contributed by atoms with E-state index in [1.807, 2.05) is 19.1 Å². The Labute approximate surface area is 123 Å². The standard InChI is InChI=1S/C16H18N2O3/c1-2-5-11(16(20)21)10-18-15(19)13-6-3-8-14-12(13)7-4-9-17-14/h3-4,6-9,11H,2,5,10H2,1H3,(H,18,19)(H,20,21). The maximum Gasteiger partial charge on any atom is 0.308 e. The number of carbonyl (C=O) groups excluding carboxylic acids is 1. The van der Waals surface area contributed by atoms with Crippen LogP contribution in [0.2, 0.25) is 0 Å². The molecule has 1 atom stereocenters. The van der Waals surface area contributed by atoms with Crippen molar-refractivity contribution in [3.05, 3.63) is 42.1 Å². The Bertz CT molecular complexity index is 650. The zero-order chi connectivity index (χ0) is 15.2. The van der Waals surface area contributed by atoms with Crippen LogP contribution in [0, 0.1) is 5.92 Å². The lowest BCUT2D eigenvalue weighted by Gasteiger charge is -2.13. The molecule has 0 spiro atoms. The smallest absolute Gasteiger partial charge is 0.308 e. The largest absolute Gasteiger partial charge is 0.481 e. The number of carboxylic acid groups (broad SMARTS) is 1. The van der Waals surface area contributed by atoms with Crippen LogP contribution in [0.1, 0.15) is 30.1 Å². The van der Waals surface area contributed by atoms with Gasteiger partial charge in [-0.15, -0.1) is 0 Å². The number of amides is 1. The highest BCUT2D eigenvalue weighted by molar-refractivity contribution is 6.06. The molecule has 0 saturated heterocycles. The maximum absolute atomic E-state index is 12.3. The van der Waals surface area contributed by atoms with Gasteiger partial charge in [-0.25, -0.2) is 0 Å². The van der Waals surface area contributed by atoms with Gasteiger partial charge in [0.25, 0.3) is 5.91 Å². The summed E-state index contributed by atoms with van der Waals surface area (Å²) >= 11 is 0. The van der Waals surface area contributed by atoms with Crippen molar-refractivity contribution < 1.29 is 14.7 Å². The lowest BCUT2D eigenvalue weighted by molar-refractivity contribution is -0.141. The molecule has 0 saturated carbocycles. The minimum absolute atomic E-state index is 0.138. The summed E-state index contributed by atoms with van der Waals surface area (Å²) in [5.74, 6) is -1.69. The van der Waals surface area contributed by atoms with Gasteiger partial charge in [-0.05, 0) is 24.6 Å². The van der Waals surface area contributed by atoms with Crippen LogP contribution in [0.15, 0.2) is 36.5 Å². The number of nitrogens with one attached hydrogen (secondary N) is 1. The number of carboxylic acids is 1. The monoisotopic (exact) mass is 286 g/mol. The van der Waals surface area contributed by atoms with Crippen LogP contribution in [-0.2, 0) is 4.79 Å². The molecule has 21 heavy (non-hydrogen) atoms. The van der Waals surface area contributed by atoms with Gasteiger partial charge < -0.3 is 10.4 Å². The first-order chi connectivity index (χ1) is 10.1. The molecule has 1 aromatic carbocycles. The van der Waals surface area contributed by atoms with E-state index >= 15 is 0 Å². The van der Waals surface area contributed by atoms with Gasteiger partial charge in [-0.1, -0.05) is 25.5 Å². The molecule has 0 aliphatic heterocycles. The van der Waals surface area contributed by atoms with E-state index in [-0.39, 0.29) is 12.5 Å². The first-order valence-corrected chi connectivity index (χ1v) is 6.98. The maximum atomic E-state index is 12.3. The van der Waals surface area contributed by atoms with Crippen molar-refractivity contribution in [1.29, 1.82) is 0 Å². The third kappa shape index (κ3) is 3.56. The van der Waals surface area contributed by atoms with Crippen molar-refractivity contribution in [3.8, 4) is 0 Å². The molecular formula is C16H18N2O3. The molecule has 1 amide bonds. The summed E-state index contributed by atoms with van der Waals surface area (Å²) in [6.45, 7) is 2.06. The van der Waals surface area contributed by atoms with E-state index in [0.717, 1.165) is 17.3 Å². The number of benzene rings is 1. The van der Waals surface area contributed by atoms with Gasteiger partial charge >= 0.3 is 5.97 Å². The second-order valence-electron chi connectivity index (χ2n) is 4.91.